The third-order valence-corrected chi connectivity index (χ3v) is 3.48. The molecule has 0 radical (unpaired) electrons. The molecule has 1 rings (SSSR count). The molecule has 0 spiro atoms. The lowest BCUT2D eigenvalue weighted by Crippen LogP contribution is -2.25. The predicted molar refractivity (Wildman–Crippen MR) is 84.5 cm³/mol. The van der Waals surface area contributed by atoms with Gasteiger partial charge in [-0.3, -0.25) is 5.41 Å². The summed E-state index contributed by atoms with van der Waals surface area (Å²) in [5.41, 5.74) is 7.22. The van der Waals surface area contributed by atoms with Gasteiger partial charge >= 0.3 is 0 Å². The number of hydrogen-bond acceptors (Lipinski definition) is 2. The molecular formula is C15H24ClN3. The highest BCUT2D eigenvalue weighted by Gasteiger charge is 2.09. The highest BCUT2D eigenvalue weighted by molar-refractivity contribution is 6.34. The molecule has 106 valence electrons. The molecule has 0 aromatic heterocycles. The van der Waals surface area contributed by atoms with Gasteiger partial charge < -0.3 is 10.6 Å². The van der Waals surface area contributed by atoms with Crippen molar-refractivity contribution in [1.82, 2.24) is 0 Å². The number of rotatable bonds is 8. The van der Waals surface area contributed by atoms with Crippen LogP contribution in [-0.4, -0.2) is 18.9 Å². The SMILES string of the molecule is CCCCN(CCCC)c1ccc(C(=N)N)c(Cl)c1. The van der Waals surface area contributed by atoms with Crippen LogP contribution in [0.1, 0.15) is 45.1 Å². The third-order valence-electron chi connectivity index (χ3n) is 3.17. The van der Waals surface area contributed by atoms with E-state index in [0.717, 1.165) is 18.8 Å². The Hall–Kier alpha value is -1.22. The van der Waals surface area contributed by atoms with E-state index in [9.17, 15) is 0 Å². The van der Waals surface area contributed by atoms with Gasteiger partial charge in [-0.05, 0) is 31.0 Å². The molecule has 3 N–H and O–H groups in total. The lowest BCUT2D eigenvalue weighted by atomic mass is 10.1. The predicted octanol–water partition coefficient (Wildman–Crippen LogP) is 4.03. The van der Waals surface area contributed by atoms with Gasteiger partial charge in [0, 0.05) is 24.3 Å². The number of anilines is 1. The summed E-state index contributed by atoms with van der Waals surface area (Å²) >= 11 is 6.19. The highest BCUT2D eigenvalue weighted by atomic mass is 35.5. The second kappa shape index (κ2) is 8.05. The van der Waals surface area contributed by atoms with Gasteiger partial charge in [0.05, 0.1) is 5.02 Å². The van der Waals surface area contributed by atoms with Crippen LogP contribution in [-0.2, 0) is 0 Å². The number of halogens is 1. The molecule has 1 aromatic carbocycles. The van der Waals surface area contributed by atoms with E-state index < -0.39 is 0 Å². The first-order valence-corrected chi connectivity index (χ1v) is 7.36. The summed E-state index contributed by atoms with van der Waals surface area (Å²) in [4.78, 5) is 2.36. The van der Waals surface area contributed by atoms with Gasteiger partial charge in [-0.1, -0.05) is 38.3 Å². The van der Waals surface area contributed by atoms with Gasteiger partial charge in [0.25, 0.3) is 0 Å². The zero-order chi connectivity index (χ0) is 14.3. The Morgan fingerprint density at radius 2 is 1.79 bits per heavy atom. The first-order chi connectivity index (χ1) is 9.10. The fourth-order valence-electron chi connectivity index (χ4n) is 1.99. The molecule has 0 aliphatic rings. The largest absolute Gasteiger partial charge is 0.384 e. The Balaban J connectivity index is 2.88. The average Bonchev–Trinajstić information content (AvgIpc) is 2.38. The zero-order valence-electron chi connectivity index (χ0n) is 11.9. The molecule has 0 saturated heterocycles. The van der Waals surface area contributed by atoms with Crippen molar-refractivity contribution >= 4 is 23.1 Å². The van der Waals surface area contributed by atoms with Crippen LogP contribution in [0.25, 0.3) is 0 Å². The molecule has 0 amide bonds. The van der Waals surface area contributed by atoms with E-state index in [0.29, 0.717) is 10.6 Å². The van der Waals surface area contributed by atoms with Crippen LogP contribution in [0.4, 0.5) is 5.69 Å². The van der Waals surface area contributed by atoms with Crippen LogP contribution < -0.4 is 10.6 Å². The Morgan fingerprint density at radius 1 is 1.21 bits per heavy atom. The van der Waals surface area contributed by atoms with Crippen molar-refractivity contribution in [3.05, 3.63) is 28.8 Å². The van der Waals surface area contributed by atoms with E-state index in [2.05, 4.69) is 18.7 Å². The lowest BCUT2D eigenvalue weighted by Gasteiger charge is -2.25. The number of nitrogens with zero attached hydrogens (tertiary/aromatic N) is 1. The number of hydrogen-bond donors (Lipinski definition) is 2. The van der Waals surface area contributed by atoms with E-state index in [-0.39, 0.29) is 5.84 Å². The monoisotopic (exact) mass is 281 g/mol. The van der Waals surface area contributed by atoms with Crippen LogP contribution in [0.2, 0.25) is 5.02 Å². The molecule has 0 aliphatic heterocycles. The van der Waals surface area contributed by atoms with Crippen LogP contribution in [0, 0.1) is 5.41 Å². The minimum absolute atomic E-state index is 0.0187. The van der Waals surface area contributed by atoms with E-state index >= 15 is 0 Å². The van der Waals surface area contributed by atoms with Crippen molar-refractivity contribution in [2.45, 2.75) is 39.5 Å². The maximum Gasteiger partial charge on any atom is 0.124 e. The van der Waals surface area contributed by atoms with Crippen molar-refractivity contribution in [2.24, 2.45) is 5.73 Å². The van der Waals surface area contributed by atoms with Crippen molar-refractivity contribution in [1.29, 1.82) is 5.41 Å². The lowest BCUT2D eigenvalue weighted by molar-refractivity contribution is 0.678. The average molecular weight is 282 g/mol. The number of nitrogens with two attached hydrogens (primary N) is 1. The molecule has 3 nitrogen and oxygen atoms in total. The Kier molecular flexibility index (Phi) is 6.71. The van der Waals surface area contributed by atoms with Gasteiger partial charge in [-0.25, -0.2) is 0 Å². The fraction of sp³-hybridized carbons (Fsp3) is 0.533. The zero-order valence-corrected chi connectivity index (χ0v) is 12.6. The summed E-state index contributed by atoms with van der Waals surface area (Å²) in [6.45, 7) is 6.49. The fourth-order valence-corrected chi connectivity index (χ4v) is 2.26. The molecule has 1 aromatic rings. The van der Waals surface area contributed by atoms with Crippen LogP contribution in [0.5, 0.6) is 0 Å². The minimum Gasteiger partial charge on any atom is -0.384 e. The Morgan fingerprint density at radius 3 is 2.21 bits per heavy atom. The van der Waals surface area contributed by atoms with E-state index in [1.54, 1.807) is 0 Å². The quantitative estimate of drug-likeness (QED) is 0.558. The third kappa shape index (κ3) is 4.75. The smallest absolute Gasteiger partial charge is 0.124 e. The van der Waals surface area contributed by atoms with E-state index in [1.807, 2.05) is 18.2 Å². The van der Waals surface area contributed by atoms with Crippen molar-refractivity contribution in [3.8, 4) is 0 Å². The van der Waals surface area contributed by atoms with Crippen molar-refractivity contribution in [2.75, 3.05) is 18.0 Å². The first kappa shape index (κ1) is 15.8. The topological polar surface area (TPSA) is 53.1 Å². The number of nitrogen functional groups attached to an aromatic ring is 1. The number of unbranched alkanes of at least 4 members (excludes halogenated alkanes) is 2. The van der Waals surface area contributed by atoms with Gasteiger partial charge in [-0.15, -0.1) is 0 Å². The van der Waals surface area contributed by atoms with Crippen molar-refractivity contribution < 1.29 is 0 Å². The molecule has 0 bridgehead atoms. The van der Waals surface area contributed by atoms with Gasteiger partial charge in [-0.2, -0.15) is 0 Å². The van der Waals surface area contributed by atoms with E-state index in [4.69, 9.17) is 22.7 Å². The van der Waals surface area contributed by atoms with Gasteiger partial charge in [0.2, 0.25) is 0 Å². The van der Waals surface area contributed by atoms with Gasteiger partial charge in [0.15, 0.2) is 0 Å². The summed E-state index contributed by atoms with van der Waals surface area (Å²) in [6, 6.07) is 5.77. The highest BCUT2D eigenvalue weighted by Crippen LogP contribution is 2.24. The van der Waals surface area contributed by atoms with E-state index in [1.165, 1.54) is 25.7 Å². The molecular weight excluding hydrogens is 258 g/mol. The maximum atomic E-state index is 7.46. The standard InChI is InChI=1S/C15H24ClN3/c1-3-5-9-19(10-6-4-2)12-7-8-13(15(17)18)14(16)11-12/h7-8,11H,3-6,9-10H2,1-2H3,(H3,17,18). The van der Waals surface area contributed by atoms with Crippen molar-refractivity contribution in [3.63, 3.8) is 0 Å². The Labute approximate surface area is 121 Å². The molecule has 0 saturated carbocycles. The summed E-state index contributed by atoms with van der Waals surface area (Å²) in [5.74, 6) is 0.0187. The molecule has 19 heavy (non-hydrogen) atoms. The van der Waals surface area contributed by atoms with Gasteiger partial charge in [0.1, 0.15) is 5.84 Å². The molecule has 0 aliphatic carbocycles. The second-order valence-electron chi connectivity index (χ2n) is 4.77. The molecule has 0 unspecified atom stereocenters. The number of amidine groups is 1. The van der Waals surface area contributed by atoms with Crippen LogP contribution in [0.3, 0.4) is 0 Å². The summed E-state index contributed by atoms with van der Waals surface area (Å²) in [5, 5.41) is 8.01. The normalized spacial score (nSPS) is 10.5. The maximum absolute atomic E-state index is 7.46. The second-order valence-corrected chi connectivity index (χ2v) is 5.18. The minimum atomic E-state index is 0.0187. The molecule has 0 fully saturated rings. The first-order valence-electron chi connectivity index (χ1n) is 6.99. The molecule has 0 atom stereocenters. The number of benzene rings is 1. The number of nitrogens with one attached hydrogen (secondary N) is 1. The summed E-state index contributed by atoms with van der Waals surface area (Å²) in [7, 11) is 0. The van der Waals surface area contributed by atoms with Crippen LogP contribution >= 0.6 is 11.6 Å². The summed E-state index contributed by atoms with van der Waals surface area (Å²) < 4.78 is 0. The molecule has 0 heterocycles. The van der Waals surface area contributed by atoms with Crippen LogP contribution in [0.15, 0.2) is 18.2 Å². The summed E-state index contributed by atoms with van der Waals surface area (Å²) in [6.07, 6.45) is 4.72. The Bertz CT molecular complexity index is 410. The molecule has 4 heteroatoms.